The van der Waals surface area contributed by atoms with Crippen LogP contribution in [0.4, 0.5) is 5.69 Å². The van der Waals surface area contributed by atoms with Crippen LogP contribution in [0.2, 0.25) is 5.15 Å². The Kier molecular flexibility index (Phi) is 3.64. The molecule has 2 nitrogen and oxygen atoms in total. The molecule has 1 heterocycles. The maximum atomic E-state index is 6.01. The molecule has 0 bridgehead atoms. The van der Waals surface area contributed by atoms with Crippen LogP contribution in [-0.2, 0) is 6.54 Å². The number of hydrogen-bond acceptors (Lipinski definition) is 2. The third-order valence-electron chi connectivity index (χ3n) is 2.58. The van der Waals surface area contributed by atoms with E-state index >= 15 is 0 Å². The monoisotopic (exact) mass is 246 g/mol. The van der Waals surface area contributed by atoms with Gasteiger partial charge in [0.05, 0.1) is 5.69 Å². The lowest BCUT2D eigenvalue weighted by Crippen LogP contribution is -2.01. The fourth-order valence-electron chi connectivity index (χ4n) is 1.58. The summed E-state index contributed by atoms with van der Waals surface area (Å²) in [6.07, 6.45) is 1.76. The molecule has 0 aliphatic heterocycles. The smallest absolute Gasteiger partial charge is 0.152 e. The first-order valence-corrected chi connectivity index (χ1v) is 5.94. The molecular formula is C14H15ClN2. The van der Waals surface area contributed by atoms with E-state index in [0.29, 0.717) is 5.15 Å². The van der Waals surface area contributed by atoms with Crippen LogP contribution < -0.4 is 5.32 Å². The van der Waals surface area contributed by atoms with Crippen molar-refractivity contribution in [2.24, 2.45) is 0 Å². The second-order valence-electron chi connectivity index (χ2n) is 4.19. The second kappa shape index (κ2) is 5.19. The summed E-state index contributed by atoms with van der Waals surface area (Å²) in [7, 11) is 0. The van der Waals surface area contributed by atoms with E-state index in [1.807, 2.05) is 13.0 Å². The van der Waals surface area contributed by atoms with Crippen molar-refractivity contribution >= 4 is 17.3 Å². The van der Waals surface area contributed by atoms with Gasteiger partial charge in [-0.2, -0.15) is 0 Å². The summed E-state index contributed by atoms with van der Waals surface area (Å²) in [5, 5.41) is 3.81. The van der Waals surface area contributed by atoms with E-state index in [0.717, 1.165) is 17.8 Å². The van der Waals surface area contributed by atoms with E-state index in [-0.39, 0.29) is 0 Å². The molecule has 0 spiro atoms. The predicted molar refractivity (Wildman–Crippen MR) is 72.5 cm³/mol. The standard InChI is InChI=1S/C14H15ClN2/c1-10-3-5-12(6-4-10)9-16-13-7-11(2)8-17-14(13)15/h3-8,16H,9H2,1-2H3. The summed E-state index contributed by atoms with van der Waals surface area (Å²) in [5.41, 5.74) is 4.48. The maximum Gasteiger partial charge on any atom is 0.152 e. The van der Waals surface area contributed by atoms with Crippen molar-refractivity contribution in [3.63, 3.8) is 0 Å². The average Bonchev–Trinajstić information content (AvgIpc) is 2.32. The number of hydrogen-bond donors (Lipinski definition) is 1. The lowest BCUT2D eigenvalue weighted by molar-refractivity contribution is 1.13. The van der Waals surface area contributed by atoms with Crippen molar-refractivity contribution in [1.29, 1.82) is 0 Å². The average molecular weight is 247 g/mol. The highest BCUT2D eigenvalue weighted by Gasteiger charge is 2.01. The molecule has 3 heteroatoms. The summed E-state index contributed by atoms with van der Waals surface area (Å²) >= 11 is 6.01. The molecular weight excluding hydrogens is 232 g/mol. The zero-order chi connectivity index (χ0) is 12.3. The fourth-order valence-corrected chi connectivity index (χ4v) is 1.75. The molecule has 1 N–H and O–H groups in total. The van der Waals surface area contributed by atoms with Gasteiger partial charge in [0, 0.05) is 12.7 Å². The Balaban J connectivity index is 2.07. The number of nitrogens with one attached hydrogen (secondary N) is 1. The maximum absolute atomic E-state index is 6.01. The predicted octanol–water partition coefficient (Wildman–Crippen LogP) is 3.96. The highest BCUT2D eigenvalue weighted by atomic mass is 35.5. The first-order valence-electron chi connectivity index (χ1n) is 5.57. The lowest BCUT2D eigenvalue weighted by Gasteiger charge is -2.08. The Bertz CT molecular complexity index is 506. The number of benzene rings is 1. The van der Waals surface area contributed by atoms with Crippen LogP contribution in [0.1, 0.15) is 16.7 Å². The summed E-state index contributed by atoms with van der Waals surface area (Å²) in [6, 6.07) is 10.4. The van der Waals surface area contributed by atoms with Crippen LogP contribution in [0.3, 0.4) is 0 Å². The Morgan fingerprint density at radius 1 is 1.12 bits per heavy atom. The van der Waals surface area contributed by atoms with Gasteiger partial charge in [0.15, 0.2) is 5.15 Å². The Hall–Kier alpha value is -1.54. The topological polar surface area (TPSA) is 24.9 Å². The number of rotatable bonds is 3. The Labute approximate surface area is 107 Å². The van der Waals surface area contributed by atoms with Gasteiger partial charge in [0.2, 0.25) is 0 Å². The first kappa shape index (κ1) is 11.9. The number of nitrogens with zero attached hydrogens (tertiary/aromatic N) is 1. The van der Waals surface area contributed by atoms with E-state index in [4.69, 9.17) is 11.6 Å². The third kappa shape index (κ3) is 3.21. The fraction of sp³-hybridized carbons (Fsp3) is 0.214. The van der Waals surface area contributed by atoms with Gasteiger partial charge in [-0.15, -0.1) is 0 Å². The van der Waals surface area contributed by atoms with Gasteiger partial charge in [-0.3, -0.25) is 0 Å². The highest BCUT2D eigenvalue weighted by molar-refractivity contribution is 6.31. The van der Waals surface area contributed by atoms with Gasteiger partial charge in [-0.05, 0) is 31.0 Å². The molecule has 0 radical (unpaired) electrons. The zero-order valence-corrected chi connectivity index (χ0v) is 10.8. The van der Waals surface area contributed by atoms with Gasteiger partial charge in [0.1, 0.15) is 0 Å². The SMILES string of the molecule is Cc1ccc(CNc2cc(C)cnc2Cl)cc1. The number of aromatic nitrogens is 1. The van der Waals surface area contributed by atoms with Crippen LogP contribution >= 0.6 is 11.6 Å². The molecule has 0 aliphatic carbocycles. The minimum absolute atomic E-state index is 0.516. The normalized spacial score (nSPS) is 10.3. The molecule has 0 unspecified atom stereocenters. The molecule has 1 aromatic carbocycles. The summed E-state index contributed by atoms with van der Waals surface area (Å²) in [5.74, 6) is 0. The summed E-state index contributed by atoms with van der Waals surface area (Å²) < 4.78 is 0. The zero-order valence-electron chi connectivity index (χ0n) is 10.00. The molecule has 2 rings (SSSR count). The van der Waals surface area contributed by atoms with Crippen LogP contribution in [0, 0.1) is 13.8 Å². The quantitative estimate of drug-likeness (QED) is 0.829. The van der Waals surface area contributed by atoms with E-state index in [1.165, 1.54) is 11.1 Å². The van der Waals surface area contributed by atoms with E-state index in [2.05, 4.69) is 41.5 Å². The molecule has 0 amide bonds. The van der Waals surface area contributed by atoms with E-state index in [9.17, 15) is 0 Å². The molecule has 0 fully saturated rings. The Morgan fingerprint density at radius 3 is 2.53 bits per heavy atom. The van der Waals surface area contributed by atoms with Crippen molar-refractivity contribution in [2.75, 3.05) is 5.32 Å². The minimum atomic E-state index is 0.516. The molecule has 1 aromatic heterocycles. The first-order chi connectivity index (χ1) is 8.15. The van der Waals surface area contributed by atoms with Gasteiger partial charge in [-0.25, -0.2) is 4.98 Å². The van der Waals surface area contributed by atoms with Crippen LogP contribution in [0.15, 0.2) is 36.5 Å². The van der Waals surface area contributed by atoms with Crippen molar-refractivity contribution in [2.45, 2.75) is 20.4 Å². The van der Waals surface area contributed by atoms with Crippen molar-refractivity contribution in [1.82, 2.24) is 4.98 Å². The molecule has 0 saturated heterocycles. The van der Waals surface area contributed by atoms with Crippen molar-refractivity contribution in [3.8, 4) is 0 Å². The van der Waals surface area contributed by atoms with Gasteiger partial charge >= 0.3 is 0 Å². The third-order valence-corrected chi connectivity index (χ3v) is 2.88. The molecule has 17 heavy (non-hydrogen) atoms. The van der Waals surface area contributed by atoms with Gasteiger partial charge in [0.25, 0.3) is 0 Å². The summed E-state index contributed by atoms with van der Waals surface area (Å²) in [6.45, 7) is 4.84. The number of halogens is 1. The van der Waals surface area contributed by atoms with Crippen LogP contribution in [-0.4, -0.2) is 4.98 Å². The lowest BCUT2D eigenvalue weighted by atomic mass is 10.1. The van der Waals surface area contributed by atoms with Gasteiger partial charge in [-0.1, -0.05) is 41.4 Å². The molecule has 0 saturated carbocycles. The largest absolute Gasteiger partial charge is 0.378 e. The van der Waals surface area contributed by atoms with Crippen LogP contribution in [0.5, 0.6) is 0 Å². The minimum Gasteiger partial charge on any atom is -0.378 e. The van der Waals surface area contributed by atoms with E-state index in [1.54, 1.807) is 6.20 Å². The molecule has 0 atom stereocenters. The Morgan fingerprint density at radius 2 is 1.82 bits per heavy atom. The number of aryl methyl sites for hydroxylation is 2. The van der Waals surface area contributed by atoms with Crippen molar-refractivity contribution < 1.29 is 0 Å². The summed E-state index contributed by atoms with van der Waals surface area (Å²) in [4.78, 5) is 4.11. The molecule has 2 aromatic rings. The number of pyridine rings is 1. The van der Waals surface area contributed by atoms with Crippen LogP contribution in [0.25, 0.3) is 0 Å². The molecule has 88 valence electrons. The second-order valence-corrected chi connectivity index (χ2v) is 4.55. The van der Waals surface area contributed by atoms with Gasteiger partial charge < -0.3 is 5.32 Å². The van der Waals surface area contributed by atoms with E-state index < -0.39 is 0 Å². The molecule has 0 aliphatic rings. The van der Waals surface area contributed by atoms with Crippen molar-refractivity contribution in [3.05, 3.63) is 58.4 Å². The number of anilines is 1. The highest BCUT2D eigenvalue weighted by Crippen LogP contribution is 2.20.